The second kappa shape index (κ2) is 5.16. The summed E-state index contributed by atoms with van der Waals surface area (Å²) in [6.07, 6.45) is 1.62. The number of para-hydroxylation sites is 1. The summed E-state index contributed by atoms with van der Waals surface area (Å²) >= 11 is 0. The molecule has 2 heterocycles. The van der Waals surface area contributed by atoms with Crippen molar-refractivity contribution in [3.05, 3.63) is 42.0 Å². The number of anilines is 1. The van der Waals surface area contributed by atoms with E-state index in [1.165, 1.54) is 0 Å². The molecule has 0 radical (unpaired) electrons. The number of fused-ring (bicyclic) bond motifs is 1. The van der Waals surface area contributed by atoms with Crippen LogP contribution in [-0.2, 0) is 6.54 Å². The first-order valence-electron chi connectivity index (χ1n) is 6.31. The number of imidazole rings is 1. The Morgan fingerprint density at radius 3 is 2.95 bits per heavy atom. The van der Waals surface area contributed by atoms with E-state index in [1.807, 2.05) is 31.2 Å². The predicted octanol–water partition coefficient (Wildman–Crippen LogP) is 2.28. The first-order valence-corrected chi connectivity index (χ1v) is 6.31. The van der Waals surface area contributed by atoms with Crippen LogP contribution in [-0.4, -0.2) is 27.0 Å². The molecule has 0 amide bonds. The van der Waals surface area contributed by atoms with Gasteiger partial charge < -0.3 is 15.0 Å². The molecule has 1 aromatic carbocycles. The lowest BCUT2D eigenvalue weighted by Crippen LogP contribution is -2.05. The number of benzene rings is 1. The van der Waals surface area contributed by atoms with Gasteiger partial charge in [-0.25, -0.2) is 15.0 Å². The number of aromatic amines is 1. The highest BCUT2D eigenvalue weighted by molar-refractivity contribution is 5.82. The molecule has 102 valence electrons. The Morgan fingerprint density at radius 1 is 1.25 bits per heavy atom. The zero-order valence-electron chi connectivity index (χ0n) is 11.3. The summed E-state index contributed by atoms with van der Waals surface area (Å²) in [5.74, 6) is 2.29. The molecule has 3 rings (SSSR count). The molecular weight excluding hydrogens is 254 g/mol. The standard InChI is InChI=1S/C14H15N5O/c1-9-18-13(12-14(19-9)17-8-16-12)15-7-10-5-3-4-6-11(10)20-2/h3-6,8H,7H2,1-2H3,(H2,15,16,17,18,19). The highest BCUT2D eigenvalue weighted by atomic mass is 16.5. The Kier molecular flexibility index (Phi) is 3.20. The molecule has 0 aliphatic rings. The van der Waals surface area contributed by atoms with Gasteiger partial charge in [-0.1, -0.05) is 18.2 Å². The molecule has 6 nitrogen and oxygen atoms in total. The van der Waals surface area contributed by atoms with E-state index in [-0.39, 0.29) is 0 Å². The third-order valence-electron chi connectivity index (χ3n) is 3.04. The molecule has 20 heavy (non-hydrogen) atoms. The van der Waals surface area contributed by atoms with Gasteiger partial charge in [0.2, 0.25) is 0 Å². The average Bonchev–Trinajstić information content (AvgIpc) is 2.93. The fourth-order valence-corrected chi connectivity index (χ4v) is 2.10. The van der Waals surface area contributed by atoms with Crippen LogP contribution in [0.5, 0.6) is 5.75 Å². The Morgan fingerprint density at radius 2 is 2.10 bits per heavy atom. The van der Waals surface area contributed by atoms with Crippen molar-refractivity contribution < 1.29 is 4.74 Å². The second-order valence-corrected chi connectivity index (χ2v) is 4.39. The summed E-state index contributed by atoms with van der Waals surface area (Å²) in [7, 11) is 1.67. The second-order valence-electron chi connectivity index (χ2n) is 4.39. The monoisotopic (exact) mass is 269 g/mol. The predicted molar refractivity (Wildman–Crippen MR) is 76.7 cm³/mol. The van der Waals surface area contributed by atoms with E-state index in [0.717, 1.165) is 22.6 Å². The zero-order valence-corrected chi connectivity index (χ0v) is 11.3. The van der Waals surface area contributed by atoms with Gasteiger partial charge in [0.05, 0.1) is 13.4 Å². The molecule has 2 N–H and O–H groups in total. The SMILES string of the molecule is COc1ccccc1CNc1nc(C)nc2nc[nH]c12. The van der Waals surface area contributed by atoms with Crippen molar-refractivity contribution in [2.45, 2.75) is 13.5 Å². The first-order chi connectivity index (χ1) is 9.78. The van der Waals surface area contributed by atoms with Crippen molar-refractivity contribution in [1.82, 2.24) is 19.9 Å². The van der Waals surface area contributed by atoms with Crippen LogP contribution in [0, 0.1) is 6.92 Å². The molecular formula is C14H15N5O. The Balaban J connectivity index is 1.88. The molecule has 3 aromatic rings. The van der Waals surface area contributed by atoms with Crippen molar-refractivity contribution >= 4 is 17.0 Å². The van der Waals surface area contributed by atoms with Crippen LogP contribution < -0.4 is 10.1 Å². The molecule has 0 fully saturated rings. The van der Waals surface area contributed by atoms with Crippen molar-refractivity contribution in [3.63, 3.8) is 0 Å². The molecule has 0 saturated heterocycles. The van der Waals surface area contributed by atoms with Gasteiger partial charge in [0, 0.05) is 12.1 Å². The molecule has 6 heteroatoms. The number of nitrogens with zero attached hydrogens (tertiary/aromatic N) is 3. The number of hydrogen-bond acceptors (Lipinski definition) is 5. The first kappa shape index (κ1) is 12.4. The third-order valence-corrected chi connectivity index (χ3v) is 3.04. The van der Waals surface area contributed by atoms with Gasteiger partial charge >= 0.3 is 0 Å². The Hall–Kier alpha value is -2.63. The summed E-state index contributed by atoms with van der Waals surface area (Å²) in [5.41, 5.74) is 2.55. The van der Waals surface area contributed by atoms with Gasteiger partial charge in [0.25, 0.3) is 0 Å². The molecule has 0 aliphatic carbocycles. The van der Waals surface area contributed by atoms with Crippen LogP contribution in [0.25, 0.3) is 11.2 Å². The number of H-pyrrole nitrogens is 1. The fourth-order valence-electron chi connectivity index (χ4n) is 2.10. The van der Waals surface area contributed by atoms with Crippen LogP contribution in [0.2, 0.25) is 0 Å². The molecule has 0 saturated carbocycles. The highest BCUT2D eigenvalue weighted by Crippen LogP contribution is 2.21. The molecule has 2 aromatic heterocycles. The topological polar surface area (TPSA) is 75.7 Å². The Labute approximate surface area is 116 Å². The molecule has 0 atom stereocenters. The minimum absolute atomic E-state index is 0.620. The molecule has 0 spiro atoms. The van der Waals surface area contributed by atoms with Gasteiger partial charge in [-0.3, -0.25) is 0 Å². The van der Waals surface area contributed by atoms with Gasteiger partial charge in [0.1, 0.15) is 17.1 Å². The summed E-state index contributed by atoms with van der Waals surface area (Å²) < 4.78 is 5.34. The number of aromatic nitrogens is 4. The average molecular weight is 269 g/mol. The van der Waals surface area contributed by atoms with E-state index in [9.17, 15) is 0 Å². The zero-order chi connectivity index (χ0) is 13.9. The number of methoxy groups -OCH3 is 1. The maximum Gasteiger partial charge on any atom is 0.183 e. The normalized spacial score (nSPS) is 10.7. The van der Waals surface area contributed by atoms with E-state index in [0.29, 0.717) is 18.0 Å². The van der Waals surface area contributed by atoms with Crippen LogP contribution in [0.4, 0.5) is 5.82 Å². The van der Waals surface area contributed by atoms with Crippen LogP contribution in [0.1, 0.15) is 11.4 Å². The lowest BCUT2D eigenvalue weighted by atomic mass is 10.2. The smallest absolute Gasteiger partial charge is 0.183 e. The van der Waals surface area contributed by atoms with Gasteiger partial charge in [0.15, 0.2) is 11.5 Å². The van der Waals surface area contributed by atoms with E-state index in [2.05, 4.69) is 25.3 Å². The summed E-state index contributed by atoms with van der Waals surface area (Å²) in [6.45, 7) is 2.47. The van der Waals surface area contributed by atoms with E-state index >= 15 is 0 Å². The number of nitrogens with one attached hydrogen (secondary N) is 2. The summed E-state index contributed by atoms with van der Waals surface area (Å²) in [6, 6.07) is 7.89. The Bertz CT molecular complexity index is 737. The maximum absolute atomic E-state index is 5.34. The largest absolute Gasteiger partial charge is 0.496 e. The minimum atomic E-state index is 0.620. The summed E-state index contributed by atoms with van der Waals surface area (Å²) in [5, 5.41) is 3.30. The summed E-state index contributed by atoms with van der Waals surface area (Å²) in [4.78, 5) is 15.9. The fraction of sp³-hybridized carbons (Fsp3) is 0.214. The quantitative estimate of drug-likeness (QED) is 0.760. The third kappa shape index (κ3) is 2.27. The maximum atomic E-state index is 5.34. The lowest BCUT2D eigenvalue weighted by Gasteiger charge is -2.10. The van der Waals surface area contributed by atoms with E-state index in [4.69, 9.17) is 4.74 Å². The highest BCUT2D eigenvalue weighted by Gasteiger charge is 2.08. The number of hydrogen-bond donors (Lipinski definition) is 2. The van der Waals surface area contributed by atoms with Crippen LogP contribution in [0.15, 0.2) is 30.6 Å². The van der Waals surface area contributed by atoms with E-state index < -0.39 is 0 Å². The lowest BCUT2D eigenvalue weighted by molar-refractivity contribution is 0.410. The number of ether oxygens (including phenoxy) is 1. The van der Waals surface area contributed by atoms with Crippen LogP contribution in [0.3, 0.4) is 0 Å². The van der Waals surface area contributed by atoms with Crippen molar-refractivity contribution in [2.75, 3.05) is 12.4 Å². The van der Waals surface area contributed by atoms with Crippen molar-refractivity contribution in [1.29, 1.82) is 0 Å². The number of aryl methyl sites for hydroxylation is 1. The number of rotatable bonds is 4. The van der Waals surface area contributed by atoms with Crippen molar-refractivity contribution in [3.8, 4) is 5.75 Å². The van der Waals surface area contributed by atoms with Gasteiger partial charge in [-0.05, 0) is 13.0 Å². The van der Waals surface area contributed by atoms with Crippen molar-refractivity contribution in [2.24, 2.45) is 0 Å². The minimum Gasteiger partial charge on any atom is -0.496 e. The van der Waals surface area contributed by atoms with Gasteiger partial charge in [-0.2, -0.15) is 0 Å². The van der Waals surface area contributed by atoms with Crippen LogP contribution >= 0.6 is 0 Å². The van der Waals surface area contributed by atoms with E-state index in [1.54, 1.807) is 13.4 Å². The molecule has 0 aliphatic heterocycles. The molecule has 0 bridgehead atoms. The molecule has 0 unspecified atom stereocenters. The van der Waals surface area contributed by atoms with Gasteiger partial charge in [-0.15, -0.1) is 0 Å².